The summed E-state index contributed by atoms with van der Waals surface area (Å²) in [5, 5.41) is 10.0. The first kappa shape index (κ1) is 14.7. The van der Waals surface area contributed by atoms with Gasteiger partial charge in [0.1, 0.15) is 0 Å². The van der Waals surface area contributed by atoms with Gasteiger partial charge in [0, 0.05) is 5.41 Å². The molecule has 0 amide bonds. The second kappa shape index (κ2) is 4.83. The third kappa shape index (κ3) is 1.97. The lowest BCUT2D eigenvalue weighted by Crippen LogP contribution is -2.49. The van der Waals surface area contributed by atoms with Crippen molar-refractivity contribution in [3.05, 3.63) is 21.3 Å². The summed E-state index contributed by atoms with van der Waals surface area (Å²) in [4.78, 5) is 0. The molecule has 0 aromatic rings. The van der Waals surface area contributed by atoms with Gasteiger partial charge in [-0.15, -0.1) is 0 Å². The van der Waals surface area contributed by atoms with Crippen LogP contribution in [0.25, 0.3) is 0 Å². The molecule has 1 nitrogen and oxygen atoms in total. The molecule has 0 heterocycles. The molecule has 0 aromatic heterocycles. The van der Waals surface area contributed by atoms with Crippen LogP contribution in [0.15, 0.2) is 21.3 Å². The fourth-order valence-corrected chi connectivity index (χ4v) is 7.08. The number of allylic oxidation sites excluding steroid dienone is 3. The highest BCUT2D eigenvalue weighted by Crippen LogP contribution is 2.65. The number of halogens is 1. The molecule has 6 atom stereocenters. The Balaban J connectivity index is 1.68. The monoisotopic (exact) mass is 398 g/mol. The SMILES string of the molecule is CC12CC[C@H](O)CC1=CC[C@@H]1[C@@H]2CC[C@]2(C)C(I)=CC[C@@H]12. The zero-order chi connectivity index (χ0) is 14.8. The molecule has 21 heavy (non-hydrogen) atoms. The molecule has 4 aliphatic carbocycles. The molecule has 2 heteroatoms. The molecule has 0 saturated heterocycles. The van der Waals surface area contributed by atoms with Crippen LogP contribution in [-0.2, 0) is 0 Å². The number of aliphatic hydroxyl groups excluding tert-OH is 1. The smallest absolute Gasteiger partial charge is 0.0577 e. The minimum absolute atomic E-state index is 0.0798. The van der Waals surface area contributed by atoms with E-state index in [0.717, 1.165) is 30.6 Å². The van der Waals surface area contributed by atoms with Crippen molar-refractivity contribution in [2.75, 3.05) is 0 Å². The average Bonchev–Trinajstić information content (AvgIpc) is 2.76. The fraction of sp³-hybridized carbons (Fsp3) is 0.789. The summed E-state index contributed by atoms with van der Waals surface area (Å²) in [5.41, 5.74) is 2.45. The van der Waals surface area contributed by atoms with E-state index in [1.807, 2.05) is 0 Å². The van der Waals surface area contributed by atoms with Crippen LogP contribution in [0.4, 0.5) is 0 Å². The molecule has 0 spiro atoms. The van der Waals surface area contributed by atoms with Crippen LogP contribution >= 0.6 is 22.6 Å². The van der Waals surface area contributed by atoms with Gasteiger partial charge in [0.05, 0.1) is 6.10 Å². The molecule has 0 radical (unpaired) electrons. The van der Waals surface area contributed by atoms with Gasteiger partial charge in [-0.3, -0.25) is 0 Å². The molecular formula is C19H27IO. The van der Waals surface area contributed by atoms with Crippen LogP contribution in [0.1, 0.15) is 58.8 Å². The third-order valence-electron chi connectivity index (χ3n) is 7.56. The average molecular weight is 398 g/mol. The Hall–Kier alpha value is 0.170. The normalized spacial score (nSPS) is 52.4. The summed E-state index contributed by atoms with van der Waals surface area (Å²) in [7, 11) is 0. The van der Waals surface area contributed by atoms with E-state index in [0.29, 0.717) is 10.8 Å². The van der Waals surface area contributed by atoms with Crippen LogP contribution in [-0.4, -0.2) is 11.2 Å². The second-order valence-corrected chi connectivity index (χ2v) is 9.56. The molecule has 2 saturated carbocycles. The van der Waals surface area contributed by atoms with E-state index >= 15 is 0 Å². The van der Waals surface area contributed by atoms with Gasteiger partial charge in [0.2, 0.25) is 0 Å². The van der Waals surface area contributed by atoms with Gasteiger partial charge in [-0.1, -0.05) is 31.6 Å². The zero-order valence-corrected chi connectivity index (χ0v) is 15.4. The molecule has 1 unspecified atom stereocenters. The molecule has 0 aromatic carbocycles. The van der Waals surface area contributed by atoms with E-state index in [1.54, 1.807) is 9.15 Å². The van der Waals surface area contributed by atoms with Gasteiger partial charge in [-0.2, -0.15) is 0 Å². The predicted octanol–water partition coefficient (Wildman–Crippen LogP) is 5.24. The van der Waals surface area contributed by atoms with E-state index in [-0.39, 0.29) is 6.10 Å². The zero-order valence-electron chi connectivity index (χ0n) is 13.2. The molecule has 0 aliphatic heterocycles. The van der Waals surface area contributed by atoms with Gasteiger partial charge < -0.3 is 5.11 Å². The number of hydrogen-bond donors (Lipinski definition) is 1. The van der Waals surface area contributed by atoms with Crippen molar-refractivity contribution >= 4 is 22.6 Å². The van der Waals surface area contributed by atoms with Crippen molar-refractivity contribution in [2.45, 2.75) is 64.9 Å². The Kier molecular flexibility index (Phi) is 3.39. The summed E-state index contributed by atoms with van der Waals surface area (Å²) in [5.74, 6) is 2.60. The van der Waals surface area contributed by atoms with Crippen molar-refractivity contribution in [1.29, 1.82) is 0 Å². The van der Waals surface area contributed by atoms with Gasteiger partial charge in [0.25, 0.3) is 0 Å². The van der Waals surface area contributed by atoms with Crippen LogP contribution < -0.4 is 0 Å². The number of fused-ring (bicyclic) bond motifs is 5. The first-order valence-corrected chi connectivity index (χ1v) is 9.77. The Morgan fingerprint density at radius 1 is 1.05 bits per heavy atom. The molecule has 4 rings (SSSR count). The number of aliphatic hydroxyl groups is 1. The quantitative estimate of drug-likeness (QED) is 0.437. The topological polar surface area (TPSA) is 20.2 Å². The lowest BCUT2D eigenvalue weighted by Gasteiger charge is -2.57. The van der Waals surface area contributed by atoms with Crippen LogP contribution in [0.2, 0.25) is 0 Å². The first-order chi connectivity index (χ1) is 9.95. The van der Waals surface area contributed by atoms with Crippen molar-refractivity contribution < 1.29 is 5.11 Å². The maximum atomic E-state index is 10.0. The largest absolute Gasteiger partial charge is 0.393 e. The molecular weight excluding hydrogens is 371 g/mol. The van der Waals surface area contributed by atoms with Gasteiger partial charge in [-0.25, -0.2) is 0 Å². The van der Waals surface area contributed by atoms with Crippen molar-refractivity contribution in [1.82, 2.24) is 0 Å². The summed E-state index contributed by atoms with van der Waals surface area (Å²) in [6.45, 7) is 5.03. The highest BCUT2D eigenvalue weighted by molar-refractivity contribution is 14.1. The van der Waals surface area contributed by atoms with E-state index < -0.39 is 0 Å². The third-order valence-corrected chi connectivity index (χ3v) is 9.24. The molecule has 2 fully saturated rings. The highest BCUT2D eigenvalue weighted by atomic mass is 127. The molecule has 4 aliphatic rings. The maximum Gasteiger partial charge on any atom is 0.0577 e. The van der Waals surface area contributed by atoms with E-state index in [1.165, 1.54) is 32.1 Å². The van der Waals surface area contributed by atoms with Gasteiger partial charge in [0.15, 0.2) is 0 Å². The Morgan fingerprint density at radius 3 is 2.62 bits per heavy atom. The van der Waals surface area contributed by atoms with E-state index in [4.69, 9.17) is 0 Å². The fourth-order valence-electron chi connectivity index (χ4n) is 6.16. The van der Waals surface area contributed by atoms with Crippen LogP contribution in [0, 0.1) is 28.6 Å². The lowest BCUT2D eigenvalue weighted by molar-refractivity contribution is -0.0268. The summed E-state index contributed by atoms with van der Waals surface area (Å²) in [6.07, 6.45) is 13.4. The van der Waals surface area contributed by atoms with Crippen LogP contribution in [0.3, 0.4) is 0 Å². The Labute approximate surface area is 142 Å². The minimum atomic E-state index is -0.0798. The minimum Gasteiger partial charge on any atom is -0.393 e. The molecule has 116 valence electrons. The maximum absolute atomic E-state index is 10.0. The lowest BCUT2D eigenvalue weighted by atomic mass is 9.48. The van der Waals surface area contributed by atoms with Crippen molar-refractivity contribution in [3.8, 4) is 0 Å². The van der Waals surface area contributed by atoms with Crippen LogP contribution in [0.5, 0.6) is 0 Å². The number of hydrogen-bond acceptors (Lipinski definition) is 1. The van der Waals surface area contributed by atoms with Gasteiger partial charge >= 0.3 is 0 Å². The molecule has 1 N–H and O–H groups in total. The summed E-state index contributed by atoms with van der Waals surface area (Å²) >= 11 is 2.60. The molecule has 0 bridgehead atoms. The highest BCUT2D eigenvalue weighted by Gasteiger charge is 2.56. The van der Waals surface area contributed by atoms with Crippen molar-refractivity contribution in [3.63, 3.8) is 0 Å². The number of rotatable bonds is 0. The van der Waals surface area contributed by atoms with Gasteiger partial charge in [-0.05, 0) is 94.3 Å². The standard InChI is InChI=1S/C19H27IO/c1-18-9-7-13(21)11-12(18)3-4-14-15-5-6-17(20)19(15,2)10-8-16(14)18/h3,6,13-16,21H,4-5,7-11H2,1-2H3/t13-,14-,15-,16-,18?,19-/m0/s1. The first-order valence-electron chi connectivity index (χ1n) is 8.69. The summed E-state index contributed by atoms with van der Waals surface area (Å²) in [6, 6.07) is 0. The predicted molar refractivity (Wildman–Crippen MR) is 95.2 cm³/mol. The Morgan fingerprint density at radius 2 is 1.81 bits per heavy atom. The second-order valence-electron chi connectivity index (χ2n) is 8.40. The van der Waals surface area contributed by atoms with Crippen molar-refractivity contribution in [2.24, 2.45) is 28.6 Å². The van der Waals surface area contributed by atoms with E-state index in [9.17, 15) is 5.11 Å². The Bertz CT molecular complexity index is 522. The van der Waals surface area contributed by atoms with E-state index in [2.05, 4.69) is 48.6 Å². The summed E-state index contributed by atoms with van der Waals surface area (Å²) < 4.78 is 1.63.